The lowest BCUT2D eigenvalue weighted by Crippen LogP contribution is -2.33. The van der Waals surface area contributed by atoms with Gasteiger partial charge in [-0.2, -0.15) is 0 Å². The summed E-state index contributed by atoms with van der Waals surface area (Å²) < 4.78 is 4.56. The van der Waals surface area contributed by atoms with E-state index in [0.717, 1.165) is 0 Å². The van der Waals surface area contributed by atoms with Gasteiger partial charge < -0.3 is 10.1 Å². The van der Waals surface area contributed by atoms with Gasteiger partial charge in [-0.1, -0.05) is 0 Å². The Kier molecular flexibility index (Phi) is 3.00. The fraction of sp³-hybridized carbons (Fsp3) is 0.583. The lowest BCUT2D eigenvalue weighted by Gasteiger charge is -2.26. The predicted octanol–water partition coefficient (Wildman–Crippen LogP) is 1.86. The molecule has 17 heavy (non-hydrogen) atoms. The predicted molar refractivity (Wildman–Crippen MR) is 63.8 cm³/mol. The lowest BCUT2D eigenvalue weighted by atomic mass is 9.99. The highest BCUT2D eigenvalue weighted by atomic mass is 16.5. The molecule has 0 unspecified atom stereocenters. The van der Waals surface area contributed by atoms with E-state index in [1.807, 2.05) is 0 Å². The Labute approximate surface area is 101 Å². The first-order valence-electron chi connectivity index (χ1n) is 5.71. The van der Waals surface area contributed by atoms with E-state index in [2.05, 4.69) is 33.9 Å². The van der Waals surface area contributed by atoms with E-state index < -0.39 is 5.97 Å². The summed E-state index contributed by atoms with van der Waals surface area (Å²) in [6, 6.07) is 0. The molecule has 1 fully saturated rings. The van der Waals surface area contributed by atoms with Crippen molar-refractivity contribution in [3.8, 4) is 0 Å². The normalized spacial score (nSPS) is 15.5. The van der Waals surface area contributed by atoms with Gasteiger partial charge in [-0.3, -0.25) is 0 Å². The van der Waals surface area contributed by atoms with Crippen LogP contribution in [0.15, 0.2) is 12.4 Å². The zero-order valence-electron chi connectivity index (χ0n) is 10.4. The number of hydrogen-bond donors (Lipinski definition) is 1. The topological polar surface area (TPSA) is 64.1 Å². The van der Waals surface area contributed by atoms with E-state index >= 15 is 0 Å². The highest BCUT2D eigenvalue weighted by Gasteiger charge is 2.37. The number of anilines is 1. The minimum Gasteiger partial charge on any atom is -0.464 e. The van der Waals surface area contributed by atoms with Crippen molar-refractivity contribution in [3.05, 3.63) is 18.1 Å². The molecule has 0 aliphatic heterocycles. The minimum absolute atomic E-state index is 0.0292. The number of rotatable bonds is 4. The molecular weight excluding hydrogens is 218 g/mol. The molecule has 5 heteroatoms. The third kappa shape index (κ3) is 2.72. The van der Waals surface area contributed by atoms with Gasteiger partial charge >= 0.3 is 5.97 Å². The fourth-order valence-electron chi connectivity index (χ4n) is 1.84. The zero-order valence-corrected chi connectivity index (χ0v) is 10.4. The van der Waals surface area contributed by atoms with Crippen molar-refractivity contribution in [2.45, 2.75) is 32.2 Å². The summed E-state index contributed by atoms with van der Waals surface area (Å²) in [6.45, 7) is 4.31. The van der Waals surface area contributed by atoms with Gasteiger partial charge in [-0.05, 0) is 32.6 Å². The second-order valence-electron chi connectivity index (χ2n) is 4.90. The maximum atomic E-state index is 11.2. The van der Waals surface area contributed by atoms with Crippen molar-refractivity contribution in [2.24, 2.45) is 5.92 Å². The van der Waals surface area contributed by atoms with Crippen molar-refractivity contribution in [1.29, 1.82) is 0 Å². The van der Waals surface area contributed by atoms with Gasteiger partial charge in [0.1, 0.15) is 5.82 Å². The molecule has 2 rings (SSSR count). The summed E-state index contributed by atoms with van der Waals surface area (Å²) in [5.74, 6) is 0.921. The molecule has 5 nitrogen and oxygen atoms in total. The van der Waals surface area contributed by atoms with Crippen molar-refractivity contribution in [1.82, 2.24) is 9.97 Å². The third-order valence-electron chi connectivity index (χ3n) is 3.09. The summed E-state index contributed by atoms with van der Waals surface area (Å²) in [5.41, 5.74) is 0.254. The summed E-state index contributed by atoms with van der Waals surface area (Å²) in [7, 11) is 1.33. The smallest absolute Gasteiger partial charge is 0.358 e. The van der Waals surface area contributed by atoms with Gasteiger partial charge in [0.25, 0.3) is 0 Å². The van der Waals surface area contributed by atoms with Crippen LogP contribution in [0.5, 0.6) is 0 Å². The second-order valence-corrected chi connectivity index (χ2v) is 4.90. The van der Waals surface area contributed by atoms with Gasteiger partial charge in [0.15, 0.2) is 5.69 Å². The molecule has 1 aliphatic rings. The van der Waals surface area contributed by atoms with E-state index in [9.17, 15) is 4.79 Å². The maximum absolute atomic E-state index is 11.2. The summed E-state index contributed by atoms with van der Waals surface area (Å²) >= 11 is 0. The summed E-state index contributed by atoms with van der Waals surface area (Å²) in [6.07, 6.45) is 5.51. The van der Waals surface area contributed by atoms with Crippen molar-refractivity contribution < 1.29 is 9.53 Å². The Morgan fingerprint density at radius 1 is 1.41 bits per heavy atom. The number of methoxy groups -OCH3 is 1. The van der Waals surface area contributed by atoms with Gasteiger partial charge in [0, 0.05) is 5.54 Å². The minimum atomic E-state index is -0.467. The first-order valence-corrected chi connectivity index (χ1v) is 5.71. The Morgan fingerprint density at radius 2 is 2.12 bits per heavy atom. The number of carbonyl (C=O) groups excluding carboxylic acids is 1. The number of ether oxygens (including phenoxy) is 1. The van der Waals surface area contributed by atoms with E-state index in [1.165, 1.54) is 26.1 Å². The fourth-order valence-corrected chi connectivity index (χ4v) is 1.84. The Morgan fingerprint density at radius 3 is 2.59 bits per heavy atom. The van der Waals surface area contributed by atoms with Gasteiger partial charge in [0.2, 0.25) is 0 Å². The van der Waals surface area contributed by atoms with Crippen LogP contribution in [0.3, 0.4) is 0 Å². The van der Waals surface area contributed by atoms with Crippen molar-refractivity contribution in [2.75, 3.05) is 12.4 Å². The number of aromatic nitrogens is 2. The van der Waals surface area contributed by atoms with E-state index in [-0.39, 0.29) is 11.2 Å². The molecule has 1 heterocycles. The third-order valence-corrected chi connectivity index (χ3v) is 3.09. The number of hydrogen-bond acceptors (Lipinski definition) is 5. The monoisotopic (exact) mass is 235 g/mol. The molecule has 0 spiro atoms. The lowest BCUT2D eigenvalue weighted by molar-refractivity contribution is 0.0593. The largest absolute Gasteiger partial charge is 0.464 e. The van der Waals surface area contributed by atoms with Gasteiger partial charge in [-0.25, -0.2) is 14.8 Å². The number of nitrogens with one attached hydrogen (secondary N) is 1. The van der Waals surface area contributed by atoms with Crippen LogP contribution >= 0.6 is 0 Å². The first kappa shape index (κ1) is 11.8. The van der Waals surface area contributed by atoms with E-state index in [1.54, 1.807) is 6.20 Å². The average Bonchev–Trinajstić information content (AvgIpc) is 3.12. The standard InChI is InChI=1S/C12H17N3O2/c1-12(2,8-4-5-8)15-10-7-13-9(6-14-10)11(16)17-3/h6-8H,4-5H2,1-3H3,(H,14,15). The Balaban J connectivity index is 2.05. The Bertz CT molecular complexity index is 410. The molecule has 92 valence electrons. The molecule has 0 atom stereocenters. The van der Waals surface area contributed by atoms with Gasteiger partial charge in [0.05, 0.1) is 19.5 Å². The molecule has 1 saturated carbocycles. The summed E-state index contributed by atoms with van der Waals surface area (Å²) in [4.78, 5) is 19.4. The molecular formula is C12H17N3O2. The number of nitrogens with zero attached hydrogens (tertiary/aromatic N) is 2. The molecule has 0 aromatic carbocycles. The second kappa shape index (κ2) is 4.31. The van der Waals surface area contributed by atoms with Crippen LogP contribution in [0.1, 0.15) is 37.2 Å². The molecule has 1 aromatic heterocycles. The summed E-state index contributed by atoms with van der Waals surface area (Å²) in [5, 5.41) is 3.34. The van der Waals surface area contributed by atoms with Crippen LogP contribution in [-0.2, 0) is 4.74 Å². The van der Waals surface area contributed by atoms with E-state index in [4.69, 9.17) is 0 Å². The number of carbonyl (C=O) groups is 1. The Hall–Kier alpha value is -1.65. The average molecular weight is 235 g/mol. The molecule has 0 saturated heterocycles. The van der Waals surface area contributed by atoms with Crippen LogP contribution in [0, 0.1) is 5.92 Å². The molecule has 0 radical (unpaired) electrons. The molecule has 1 aromatic rings. The molecule has 1 N–H and O–H groups in total. The zero-order chi connectivity index (χ0) is 12.5. The highest BCUT2D eigenvalue weighted by molar-refractivity contribution is 5.86. The van der Waals surface area contributed by atoms with E-state index in [0.29, 0.717) is 11.7 Å². The number of esters is 1. The van der Waals surface area contributed by atoms with Crippen molar-refractivity contribution in [3.63, 3.8) is 0 Å². The van der Waals surface area contributed by atoms with Crippen LogP contribution in [-0.4, -0.2) is 28.6 Å². The van der Waals surface area contributed by atoms with Crippen LogP contribution in [0.4, 0.5) is 5.82 Å². The quantitative estimate of drug-likeness (QED) is 0.807. The first-order chi connectivity index (χ1) is 8.03. The van der Waals surface area contributed by atoms with Crippen LogP contribution in [0.2, 0.25) is 0 Å². The SMILES string of the molecule is COC(=O)c1cnc(NC(C)(C)C2CC2)cn1. The van der Waals surface area contributed by atoms with Crippen LogP contribution in [0.25, 0.3) is 0 Å². The highest BCUT2D eigenvalue weighted by Crippen LogP contribution is 2.40. The molecule has 0 amide bonds. The van der Waals surface area contributed by atoms with Gasteiger partial charge in [-0.15, -0.1) is 0 Å². The van der Waals surface area contributed by atoms with Crippen LogP contribution < -0.4 is 5.32 Å². The molecule has 0 bridgehead atoms. The van der Waals surface area contributed by atoms with Crippen molar-refractivity contribution >= 4 is 11.8 Å². The molecule has 1 aliphatic carbocycles. The maximum Gasteiger partial charge on any atom is 0.358 e.